The number of unbranched alkanes of at least 4 members (excludes halogenated alkanes) is 5. The number of aromatic nitrogens is 2. The maximum atomic E-state index is 4.67. The summed E-state index contributed by atoms with van der Waals surface area (Å²) in [5, 5.41) is 0. The molecule has 0 aliphatic rings. The highest BCUT2D eigenvalue weighted by Gasteiger charge is 2.11. The molecule has 0 unspecified atom stereocenters. The molecule has 0 aliphatic heterocycles. The van der Waals surface area contributed by atoms with Gasteiger partial charge in [-0.05, 0) is 17.5 Å². The Morgan fingerprint density at radius 1 is 0.893 bits per heavy atom. The number of hydrogen-bond donors (Lipinski definition) is 0. The van der Waals surface area contributed by atoms with Gasteiger partial charge in [0.25, 0.3) is 0 Å². The van der Waals surface area contributed by atoms with Crippen molar-refractivity contribution >= 4 is 24.6 Å². The lowest BCUT2D eigenvalue weighted by atomic mass is 9.65. The molecule has 3 rings (SSSR count). The van der Waals surface area contributed by atoms with E-state index >= 15 is 0 Å². The van der Waals surface area contributed by atoms with E-state index in [-0.39, 0.29) is 0 Å². The maximum Gasteiger partial charge on any atom is 0.239 e. The molecule has 1 aromatic heterocycles. The van der Waals surface area contributed by atoms with Gasteiger partial charge in [0.15, 0.2) is 0 Å². The Kier molecular flexibility index (Phi) is 8.17. The van der Waals surface area contributed by atoms with Crippen molar-refractivity contribution in [1.29, 1.82) is 0 Å². The molecule has 0 aliphatic carbocycles. The summed E-state index contributed by atoms with van der Waals surface area (Å²) in [5.41, 5.74) is 4.96. The first-order chi connectivity index (χ1) is 13.9. The van der Waals surface area contributed by atoms with Crippen LogP contribution in [-0.2, 0) is 6.54 Å². The molecule has 28 heavy (non-hydrogen) atoms. The van der Waals surface area contributed by atoms with Crippen LogP contribution in [0.4, 0.5) is 0 Å². The first-order valence-electron chi connectivity index (χ1n) is 10.7. The molecule has 0 saturated carbocycles. The Hall–Kier alpha value is -2.55. The smallest absolute Gasteiger partial charge is 0.239 e. The van der Waals surface area contributed by atoms with Crippen molar-refractivity contribution < 1.29 is 0 Å². The Labute approximate surface area is 170 Å². The summed E-state index contributed by atoms with van der Waals surface area (Å²) in [6.07, 6.45) is 14.3. The summed E-state index contributed by atoms with van der Waals surface area (Å²) >= 11 is 0. The van der Waals surface area contributed by atoms with Gasteiger partial charge in [0.2, 0.25) is 7.28 Å². The maximum absolute atomic E-state index is 4.67. The van der Waals surface area contributed by atoms with Gasteiger partial charge in [-0.25, -0.2) is 0 Å². The van der Waals surface area contributed by atoms with Crippen LogP contribution in [0.1, 0.15) is 56.6 Å². The number of imidazole rings is 1. The van der Waals surface area contributed by atoms with Crippen LogP contribution in [-0.4, -0.2) is 16.8 Å². The van der Waals surface area contributed by atoms with E-state index in [0.717, 1.165) is 19.5 Å². The number of aryl methyl sites for hydroxylation is 1. The summed E-state index contributed by atoms with van der Waals surface area (Å²) in [6.45, 7) is 3.33. The number of hydrogen-bond acceptors (Lipinski definition) is 1. The van der Waals surface area contributed by atoms with Gasteiger partial charge in [0, 0.05) is 18.9 Å². The number of benzene rings is 2. The average Bonchev–Trinajstić information content (AvgIpc) is 3.18. The van der Waals surface area contributed by atoms with E-state index in [2.05, 4.69) is 89.4 Å². The normalized spacial score (nSPS) is 11.5. The third kappa shape index (κ3) is 6.26. The largest absolute Gasteiger partial charge is 0.343 e. The summed E-state index contributed by atoms with van der Waals surface area (Å²) < 4.78 is 2.33. The highest BCUT2D eigenvalue weighted by atomic mass is 15.0. The molecule has 0 radical (unpaired) electrons. The van der Waals surface area contributed by atoms with Crippen LogP contribution >= 0.6 is 0 Å². The molecule has 1 heterocycles. The third-order valence-electron chi connectivity index (χ3n) is 5.19. The second kappa shape index (κ2) is 11.3. The van der Waals surface area contributed by atoms with Crippen LogP contribution < -0.4 is 5.72 Å². The van der Waals surface area contributed by atoms with E-state index < -0.39 is 0 Å². The van der Waals surface area contributed by atoms with Gasteiger partial charge in [0.05, 0.1) is 5.72 Å². The summed E-state index contributed by atoms with van der Waals surface area (Å²) in [5.74, 6) is 0. The molecule has 144 valence electrons. The van der Waals surface area contributed by atoms with E-state index in [9.17, 15) is 0 Å². The molecule has 0 spiro atoms. The first kappa shape index (κ1) is 20.2. The highest BCUT2D eigenvalue weighted by Crippen LogP contribution is 2.17. The van der Waals surface area contributed by atoms with Gasteiger partial charge in [-0.1, -0.05) is 111 Å². The number of rotatable bonds is 11. The van der Waals surface area contributed by atoms with Gasteiger partial charge in [0.1, 0.15) is 0 Å². The van der Waals surface area contributed by atoms with Crippen molar-refractivity contribution in [2.45, 2.75) is 52.0 Å². The first-order valence-corrected chi connectivity index (χ1v) is 10.7. The van der Waals surface area contributed by atoms with Crippen LogP contribution in [0.3, 0.4) is 0 Å². The standard InChI is InChI=1S/C25H31BN2/c1-2-3-4-5-6-13-19-28-20-18-27-25(28)26-24(23-16-11-8-12-17-23)21-22-14-9-7-10-15-22/h7-12,14-18,20-21,26H,2-6,13,19H2,1H3. The predicted molar refractivity (Wildman–Crippen MR) is 123 cm³/mol. The molecular formula is C25H31BN2. The zero-order chi connectivity index (χ0) is 19.4. The van der Waals surface area contributed by atoms with Crippen LogP contribution in [0, 0.1) is 0 Å². The summed E-state index contributed by atoms with van der Waals surface area (Å²) in [4.78, 5) is 4.67. The molecule has 0 amide bonds. The molecule has 0 N–H and O–H groups in total. The fourth-order valence-electron chi connectivity index (χ4n) is 3.58. The zero-order valence-electron chi connectivity index (χ0n) is 17.1. The van der Waals surface area contributed by atoms with E-state index in [0.29, 0.717) is 0 Å². The number of nitrogens with zero attached hydrogens (tertiary/aromatic N) is 2. The Balaban J connectivity index is 1.70. The fourth-order valence-corrected chi connectivity index (χ4v) is 3.58. The lowest BCUT2D eigenvalue weighted by molar-refractivity contribution is 0.563. The van der Waals surface area contributed by atoms with E-state index in [1.54, 1.807) is 0 Å². The molecule has 0 atom stereocenters. The van der Waals surface area contributed by atoms with Gasteiger partial charge in [-0.2, -0.15) is 0 Å². The predicted octanol–water partition coefficient (Wildman–Crippen LogP) is 5.50. The molecule has 2 nitrogen and oxygen atoms in total. The zero-order valence-corrected chi connectivity index (χ0v) is 17.1. The van der Waals surface area contributed by atoms with Crippen molar-refractivity contribution in [1.82, 2.24) is 9.55 Å². The van der Waals surface area contributed by atoms with Crippen molar-refractivity contribution in [3.8, 4) is 0 Å². The third-order valence-corrected chi connectivity index (χ3v) is 5.19. The quantitative estimate of drug-likeness (QED) is 0.247. The van der Waals surface area contributed by atoms with E-state index in [4.69, 9.17) is 0 Å². The molecule has 0 fully saturated rings. The average molecular weight is 370 g/mol. The van der Waals surface area contributed by atoms with Gasteiger partial charge >= 0.3 is 0 Å². The van der Waals surface area contributed by atoms with Crippen molar-refractivity contribution in [3.63, 3.8) is 0 Å². The lowest BCUT2D eigenvalue weighted by Crippen LogP contribution is -2.27. The molecule has 3 heteroatoms. The van der Waals surface area contributed by atoms with Crippen molar-refractivity contribution in [3.05, 3.63) is 84.2 Å². The second-order valence-electron chi connectivity index (χ2n) is 7.43. The molecular weight excluding hydrogens is 339 g/mol. The van der Waals surface area contributed by atoms with Crippen molar-refractivity contribution in [2.75, 3.05) is 0 Å². The Morgan fingerprint density at radius 3 is 2.32 bits per heavy atom. The summed E-state index contributed by atoms with van der Waals surface area (Å²) in [6, 6.07) is 21.2. The molecule has 0 bridgehead atoms. The minimum Gasteiger partial charge on any atom is -0.343 e. The SMILES string of the molecule is CCCCCCCCn1ccnc1BC(=Cc1ccccc1)c1ccccc1. The minimum atomic E-state index is 0.849. The van der Waals surface area contributed by atoms with E-state index in [1.165, 1.54) is 55.1 Å². The molecule has 3 aromatic rings. The van der Waals surface area contributed by atoms with Crippen LogP contribution in [0.5, 0.6) is 0 Å². The van der Waals surface area contributed by atoms with Crippen LogP contribution in [0.25, 0.3) is 11.5 Å². The van der Waals surface area contributed by atoms with Gasteiger partial charge in [-0.3, -0.25) is 4.98 Å². The van der Waals surface area contributed by atoms with Gasteiger partial charge in [-0.15, -0.1) is 0 Å². The molecule has 2 aromatic carbocycles. The van der Waals surface area contributed by atoms with Crippen molar-refractivity contribution in [2.24, 2.45) is 0 Å². The minimum absolute atomic E-state index is 0.849. The fraction of sp³-hybridized carbons (Fsp3) is 0.320. The Bertz CT molecular complexity index is 837. The monoisotopic (exact) mass is 370 g/mol. The summed E-state index contributed by atoms with van der Waals surface area (Å²) in [7, 11) is 0.849. The van der Waals surface area contributed by atoms with Gasteiger partial charge < -0.3 is 4.57 Å². The topological polar surface area (TPSA) is 17.8 Å². The lowest BCUT2D eigenvalue weighted by Gasteiger charge is -2.11. The van der Waals surface area contributed by atoms with E-state index in [1.807, 2.05) is 6.20 Å². The molecule has 0 saturated heterocycles. The Morgan fingerprint density at radius 2 is 1.57 bits per heavy atom. The highest BCUT2D eigenvalue weighted by molar-refractivity contribution is 6.73. The van der Waals surface area contributed by atoms with Crippen LogP contribution in [0.15, 0.2) is 73.1 Å². The van der Waals surface area contributed by atoms with Crippen LogP contribution in [0.2, 0.25) is 0 Å². The second-order valence-corrected chi connectivity index (χ2v) is 7.43.